The topological polar surface area (TPSA) is 95.9 Å². The molecule has 0 spiro atoms. The van der Waals surface area contributed by atoms with Crippen LogP contribution in [0.4, 0.5) is 0 Å². The molecule has 1 rings (SSSR count). The molecule has 0 aromatic heterocycles. The number of carbonyl (C=O) groups is 3. The van der Waals surface area contributed by atoms with Crippen molar-refractivity contribution in [1.82, 2.24) is 10.2 Å². The highest BCUT2D eigenvalue weighted by atomic mass is 32.2. The number of aliphatic carboxylic acids is 1. The van der Waals surface area contributed by atoms with Gasteiger partial charge >= 0.3 is 5.97 Å². The predicted molar refractivity (Wildman–Crippen MR) is 78.9 cm³/mol. The lowest BCUT2D eigenvalue weighted by Gasteiger charge is -2.23. The molecule has 2 N–H and O–H groups in total. The molecule has 0 aliphatic carbocycles. The van der Waals surface area contributed by atoms with Gasteiger partial charge < -0.3 is 20.1 Å². The van der Waals surface area contributed by atoms with Gasteiger partial charge in [-0.25, -0.2) is 4.79 Å². The van der Waals surface area contributed by atoms with Crippen LogP contribution in [0.25, 0.3) is 0 Å². The Morgan fingerprint density at radius 3 is 2.86 bits per heavy atom. The van der Waals surface area contributed by atoms with Crippen LogP contribution in [0, 0.1) is 0 Å². The van der Waals surface area contributed by atoms with Gasteiger partial charge in [-0.1, -0.05) is 13.3 Å². The van der Waals surface area contributed by atoms with E-state index in [1.54, 1.807) is 16.7 Å². The summed E-state index contributed by atoms with van der Waals surface area (Å²) in [4.78, 5) is 35.9. The Morgan fingerprint density at radius 2 is 2.19 bits per heavy atom. The Labute approximate surface area is 128 Å². The van der Waals surface area contributed by atoms with Gasteiger partial charge in [-0.05, 0) is 6.42 Å². The van der Waals surface area contributed by atoms with Crippen molar-refractivity contribution >= 4 is 29.5 Å². The van der Waals surface area contributed by atoms with Crippen LogP contribution in [-0.4, -0.2) is 65.2 Å². The summed E-state index contributed by atoms with van der Waals surface area (Å²) in [5.41, 5.74) is 0. The third kappa shape index (κ3) is 6.34. The lowest BCUT2D eigenvalue weighted by atomic mass is 10.2. The van der Waals surface area contributed by atoms with E-state index in [-0.39, 0.29) is 31.6 Å². The van der Waals surface area contributed by atoms with E-state index in [4.69, 9.17) is 9.84 Å². The number of hydrogen-bond donors (Lipinski definition) is 2. The number of carboxylic acid groups (broad SMARTS) is 1. The minimum Gasteiger partial charge on any atom is -0.480 e. The highest BCUT2D eigenvalue weighted by Gasteiger charge is 2.33. The second-order valence-electron chi connectivity index (χ2n) is 4.72. The first kappa shape index (κ1) is 17.8. The third-order valence-electron chi connectivity index (χ3n) is 3.02. The number of carboxylic acids is 1. The second-order valence-corrected chi connectivity index (χ2v) is 5.72. The average molecular weight is 318 g/mol. The van der Waals surface area contributed by atoms with Gasteiger partial charge in [-0.2, -0.15) is 0 Å². The summed E-state index contributed by atoms with van der Waals surface area (Å²) < 4.78 is 4.84. The standard InChI is InChI=1S/C13H22N2O5S/c1-2-3-4-11(16)15-9-21-8-10(15)13(19)14-5-6-20-7-12(17)18/h10H,2-9H2,1H3,(H,14,19)(H,17,18). The summed E-state index contributed by atoms with van der Waals surface area (Å²) in [6.07, 6.45) is 2.25. The maximum atomic E-state index is 12.0. The SMILES string of the molecule is CCCCC(=O)N1CSCC1C(=O)NCCOCC(=O)O. The molecule has 0 saturated carbocycles. The van der Waals surface area contributed by atoms with Crippen LogP contribution in [0.15, 0.2) is 0 Å². The van der Waals surface area contributed by atoms with Crippen LogP contribution in [-0.2, 0) is 19.1 Å². The fourth-order valence-electron chi connectivity index (χ4n) is 1.90. The van der Waals surface area contributed by atoms with E-state index in [0.717, 1.165) is 12.8 Å². The van der Waals surface area contributed by atoms with Gasteiger partial charge in [0.1, 0.15) is 12.6 Å². The molecule has 1 aliphatic rings. The normalized spacial score (nSPS) is 17.8. The average Bonchev–Trinajstić information content (AvgIpc) is 2.93. The number of carbonyl (C=O) groups excluding carboxylic acids is 2. The first-order valence-corrected chi connectivity index (χ1v) is 8.16. The Morgan fingerprint density at radius 1 is 1.43 bits per heavy atom. The smallest absolute Gasteiger partial charge is 0.329 e. The van der Waals surface area contributed by atoms with Gasteiger partial charge in [0.05, 0.1) is 12.5 Å². The molecule has 0 aromatic carbocycles. The van der Waals surface area contributed by atoms with Gasteiger partial charge in [0.2, 0.25) is 11.8 Å². The number of thioether (sulfide) groups is 1. The van der Waals surface area contributed by atoms with Crippen molar-refractivity contribution in [2.24, 2.45) is 0 Å². The van der Waals surface area contributed by atoms with Gasteiger partial charge in [0.25, 0.3) is 0 Å². The van der Waals surface area contributed by atoms with Crippen LogP contribution in [0.2, 0.25) is 0 Å². The van der Waals surface area contributed by atoms with Gasteiger partial charge in [-0.15, -0.1) is 11.8 Å². The summed E-state index contributed by atoms with van der Waals surface area (Å²) in [6.45, 7) is 2.02. The Bertz CT molecular complexity index is 378. The molecule has 0 radical (unpaired) electrons. The summed E-state index contributed by atoms with van der Waals surface area (Å²) in [5.74, 6) is -0.0790. The molecule has 120 valence electrons. The van der Waals surface area contributed by atoms with E-state index in [1.807, 2.05) is 6.92 Å². The first-order valence-electron chi connectivity index (χ1n) is 7.00. The quantitative estimate of drug-likeness (QED) is 0.594. The number of unbranched alkanes of at least 4 members (excludes halogenated alkanes) is 1. The molecular weight excluding hydrogens is 296 g/mol. The zero-order chi connectivity index (χ0) is 15.7. The Balaban J connectivity index is 2.31. The molecule has 7 nitrogen and oxygen atoms in total. The summed E-state index contributed by atoms with van der Waals surface area (Å²) in [5, 5.41) is 11.1. The first-order chi connectivity index (χ1) is 10.1. The van der Waals surface area contributed by atoms with Crippen molar-refractivity contribution in [3.8, 4) is 0 Å². The molecule has 0 bridgehead atoms. The highest BCUT2D eigenvalue weighted by Crippen LogP contribution is 2.22. The number of amides is 2. The van der Waals surface area contributed by atoms with Crippen molar-refractivity contribution in [3.63, 3.8) is 0 Å². The number of nitrogens with zero attached hydrogens (tertiary/aromatic N) is 1. The van der Waals surface area contributed by atoms with Crippen molar-refractivity contribution in [2.45, 2.75) is 32.2 Å². The summed E-state index contributed by atoms with van der Waals surface area (Å²) >= 11 is 1.56. The lowest BCUT2D eigenvalue weighted by Crippen LogP contribution is -2.47. The van der Waals surface area contributed by atoms with Gasteiger partial charge in [0, 0.05) is 18.7 Å². The van der Waals surface area contributed by atoms with Crippen LogP contribution in [0.1, 0.15) is 26.2 Å². The Kier molecular flexibility index (Phi) is 8.14. The molecule has 1 aliphatic heterocycles. The number of nitrogens with one attached hydrogen (secondary N) is 1. The van der Waals surface area contributed by atoms with Crippen LogP contribution < -0.4 is 5.32 Å². The van der Waals surface area contributed by atoms with Crippen molar-refractivity contribution in [3.05, 3.63) is 0 Å². The summed E-state index contributed by atoms with van der Waals surface area (Å²) in [6, 6.07) is -0.432. The number of hydrogen-bond acceptors (Lipinski definition) is 5. The molecule has 1 unspecified atom stereocenters. The van der Waals surface area contributed by atoms with Crippen molar-refractivity contribution in [1.29, 1.82) is 0 Å². The zero-order valence-electron chi connectivity index (χ0n) is 12.2. The van der Waals surface area contributed by atoms with Crippen molar-refractivity contribution in [2.75, 3.05) is 31.4 Å². The fourth-order valence-corrected chi connectivity index (χ4v) is 3.08. The van der Waals surface area contributed by atoms with Crippen LogP contribution in [0.3, 0.4) is 0 Å². The van der Waals surface area contributed by atoms with E-state index in [9.17, 15) is 14.4 Å². The minimum atomic E-state index is -1.04. The van der Waals surface area contributed by atoms with Gasteiger partial charge in [0.15, 0.2) is 0 Å². The molecule has 0 aromatic rings. The maximum absolute atomic E-state index is 12.0. The third-order valence-corrected chi connectivity index (χ3v) is 4.03. The second kappa shape index (κ2) is 9.62. The highest BCUT2D eigenvalue weighted by molar-refractivity contribution is 7.99. The Hall–Kier alpha value is -1.28. The van der Waals surface area contributed by atoms with E-state index >= 15 is 0 Å². The van der Waals surface area contributed by atoms with Crippen LogP contribution >= 0.6 is 11.8 Å². The number of ether oxygens (including phenoxy) is 1. The minimum absolute atomic E-state index is 0.0177. The maximum Gasteiger partial charge on any atom is 0.329 e. The van der Waals surface area contributed by atoms with E-state index in [2.05, 4.69) is 5.32 Å². The lowest BCUT2D eigenvalue weighted by molar-refractivity contribution is -0.142. The van der Waals surface area contributed by atoms with Crippen LogP contribution in [0.5, 0.6) is 0 Å². The molecule has 1 saturated heterocycles. The van der Waals surface area contributed by atoms with E-state index in [1.165, 1.54) is 0 Å². The number of rotatable bonds is 9. The molecule has 8 heteroatoms. The molecule has 2 amide bonds. The molecular formula is C13H22N2O5S. The van der Waals surface area contributed by atoms with E-state index in [0.29, 0.717) is 18.1 Å². The predicted octanol–water partition coefficient (Wildman–Crippen LogP) is 0.296. The molecule has 1 fully saturated rings. The van der Waals surface area contributed by atoms with Crippen molar-refractivity contribution < 1.29 is 24.2 Å². The molecule has 1 atom stereocenters. The monoisotopic (exact) mass is 318 g/mol. The zero-order valence-corrected chi connectivity index (χ0v) is 13.0. The molecule has 21 heavy (non-hydrogen) atoms. The summed E-state index contributed by atoms with van der Waals surface area (Å²) in [7, 11) is 0. The van der Waals surface area contributed by atoms with Gasteiger partial charge in [-0.3, -0.25) is 9.59 Å². The van der Waals surface area contributed by atoms with E-state index < -0.39 is 12.0 Å². The molecule has 1 heterocycles. The largest absolute Gasteiger partial charge is 0.480 e. The fraction of sp³-hybridized carbons (Fsp3) is 0.769.